The molecule has 0 spiro atoms. The molecule has 3 rings (SSSR count). The average molecular weight is 296 g/mol. The number of hydrogen-bond acceptors (Lipinski definition) is 3. The van der Waals surface area contributed by atoms with Crippen LogP contribution in [0.5, 0.6) is 0 Å². The van der Waals surface area contributed by atoms with Gasteiger partial charge in [0.2, 0.25) is 5.91 Å². The van der Waals surface area contributed by atoms with Crippen LogP contribution < -0.4 is 10.8 Å². The first-order valence-electron chi connectivity index (χ1n) is 7.09. The second-order valence-electron chi connectivity index (χ2n) is 5.31. The number of nitrogens with one attached hydrogen (secondary N) is 2. The molecule has 22 heavy (non-hydrogen) atoms. The molecule has 0 aromatic heterocycles. The molecule has 0 radical (unpaired) electrons. The zero-order chi connectivity index (χ0) is 15.5. The Morgan fingerprint density at radius 2 is 1.68 bits per heavy atom. The maximum absolute atomic E-state index is 12.0. The Kier molecular flexibility index (Phi) is 3.89. The molecular weight excluding hydrogens is 280 g/mol. The second-order valence-corrected chi connectivity index (χ2v) is 5.31. The number of amides is 2. The zero-order valence-corrected chi connectivity index (χ0v) is 11.8. The predicted molar refractivity (Wildman–Crippen MR) is 81.1 cm³/mol. The van der Waals surface area contributed by atoms with E-state index in [0.717, 1.165) is 16.7 Å². The van der Waals surface area contributed by atoms with Crippen LogP contribution in [0.25, 0.3) is 11.1 Å². The molecule has 0 aliphatic carbocycles. The predicted octanol–water partition coefficient (Wildman–Crippen LogP) is 1.83. The summed E-state index contributed by atoms with van der Waals surface area (Å²) in [7, 11) is 0. The maximum Gasteiger partial charge on any atom is 0.265 e. The van der Waals surface area contributed by atoms with Crippen molar-refractivity contribution in [2.45, 2.75) is 18.4 Å². The summed E-state index contributed by atoms with van der Waals surface area (Å²) >= 11 is 0. The highest BCUT2D eigenvalue weighted by Gasteiger charge is 2.36. The van der Waals surface area contributed by atoms with Gasteiger partial charge in [0.1, 0.15) is 6.04 Å². The lowest BCUT2D eigenvalue weighted by atomic mass is 9.93. The molecule has 2 amide bonds. The van der Waals surface area contributed by atoms with Gasteiger partial charge in [-0.2, -0.15) is 0 Å². The highest BCUT2D eigenvalue weighted by atomic mass is 16.5. The molecule has 1 aliphatic rings. The van der Waals surface area contributed by atoms with Crippen LogP contribution in [0.4, 0.5) is 0 Å². The number of carbonyl (C=O) groups is 2. The molecule has 5 heteroatoms. The average Bonchev–Trinajstić information content (AvgIpc) is 2.97. The van der Waals surface area contributed by atoms with E-state index in [2.05, 4.69) is 5.32 Å². The SMILES string of the molecule is O=C1N[C@@H](C(=O)NO)C[C@H]1c1ccc(-c2ccccc2)cc1. The minimum Gasteiger partial charge on any atom is -0.344 e. The maximum atomic E-state index is 12.0. The lowest BCUT2D eigenvalue weighted by molar-refractivity contribution is -0.132. The van der Waals surface area contributed by atoms with Gasteiger partial charge < -0.3 is 5.32 Å². The number of benzene rings is 2. The van der Waals surface area contributed by atoms with Crippen LogP contribution in [-0.4, -0.2) is 23.1 Å². The normalized spacial score (nSPS) is 20.5. The largest absolute Gasteiger partial charge is 0.344 e. The van der Waals surface area contributed by atoms with Crippen LogP contribution in [0.15, 0.2) is 54.6 Å². The second kappa shape index (κ2) is 5.99. The van der Waals surface area contributed by atoms with E-state index >= 15 is 0 Å². The van der Waals surface area contributed by atoms with Crippen molar-refractivity contribution in [3.8, 4) is 11.1 Å². The Morgan fingerprint density at radius 3 is 2.32 bits per heavy atom. The van der Waals surface area contributed by atoms with Gasteiger partial charge in [0.15, 0.2) is 0 Å². The molecule has 2 atom stereocenters. The molecule has 2 aromatic carbocycles. The van der Waals surface area contributed by atoms with Gasteiger partial charge in [0.25, 0.3) is 5.91 Å². The van der Waals surface area contributed by atoms with Crippen LogP contribution in [0.3, 0.4) is 0 Å². The fourth-order valence-electron chi connectivity index (χ4n) is 2.75. The summed E-state index contributed by atoms with van der Waals surface area (Å²) in [4.78, 5) is 23.4. The Balaban J connectivity index is 1.79. The molecule has 1 saturated heterocycles. The van der Waals surface area contributed by atoms with Gasteiger partial charge in [-0.3, -0.25) is 14.8 Å². The summed E-state index contributed by atoms with van der Waals surface area (Å²) in [6.07, 6.45) is 0.343. The van der Waals surface area contributed by atoms with Crippen molar-refractivity contribution in [1.29, 1.82) is 0 Å². The molecule has 1 heterocycles. The molecular formula is C17H16N2O3. The van der Waals surface area contributed by atoms with E-state index < -0.39 is 11.9 Å². The van der Waals surface area contributed by atoms with Crippen molar-refractivity contribution in [1.82, 2.24) is 10.8 Å². The monoisotopic (exact) mass is 296 g/mol. The summed E-state index contributed by atoms with van der Waals surface area (Å²) in [5.41, 5.74) is 4.63. The van der Waals surface area contributed by atoms with Crippen LogP contribution in [0, 0.1) is 0 Å². The third-order valence-corrected chi connectivity index (χ3v) is 3.95. The Bertz CT molecular complexity index is 683. The Labute approximate surface area is 127 Å². The smallest absolute Gasteiger partial charge is 0.265 e. The number of hydroxylamine groups is 1. The quantitative estimate of drug-likeness (QED) is 0.597. The molecule has 3 N–H and O–H groups in total. The highest BCUT2D eigenvalue weighted by molar-refractivity contribution is 5.94. The van der Waals surface area contributed by atoms with Gasteiger partial charge >= 0.3 is 0 Å². The van der Waals surface area contributed by atoms with Gasteiger partial charge in [-0.05, 0) is 23.1 Å². The van der Waals surface area contributed by atoms with E-state index in [4.69, 9.17) is 5.21 Å². The van der Waals surface area contributed by atoms with Crippen LogP contribution in [0.1, 0.15) is 17.9 Å². The lowest BCUT2D eigenvalue weighted by Gasteiger charge is -2.09. The molecule has 0 saturated carbocycles. The third kappa shape index (κ3) is 2.71. The van der Waals surface area contributed by atoms with Crippen molar-refractivity contribution in [2.75, 3.05) is 0 Å². The number of hydrogen-bond donors (Lipinski definition) is 3. The van der Waals surface area contributed by atoms with Crippen molar-refractivity contribution >= 4 is 11.8 Å². The molecule has 1 fully saturated rings. The van der Waals surface area contributed by atoms with Gasteiger partial charge in [-0.15, -0.1) is 0 Å². The first-order valence-corrected chi connectivity index (χ1v) is 7.09. The molecule has 2 aromatic rings. The Morgan fingerprint density at radius 1 is 1.05 bits per heavy atom. The topological polar surface area (TPSA) is 78.4 Å². The van der Waals surface area contributed by atoms with Crippen LogP contribution in [-0.2, 0) is 9.59 Å². The van der Waals surface area contributed by atoms with E-state index in [-0.39, 0.29) is 11.8 Å². The number of rotatable bonds is 3. The standard InChI is InChI=1S/C17H16N2O3/c20-16-14(10-15(18-16)17(21)19-22)13-8-6-12(7-9-13)11-4-2-1-3-5-11/h1-9,14-15,22H,10H2,(H,18,20)(H,19,21)/t14-,15+/m0/s1. The molecule has 112 valence electrons. The minimum absolute atomic E-state index is 0.193. The summed E-state index contributed by atoms with van der Waals surface area (Å²) in [6, 6.07) is 17.0. The molecule has 5 nitrogen and oxygen atoms in total. The van der Waals surface area contributed by atoms with Crippen molar-refractivity contribution < 1.29 is 14.8 Å². The fraction of sp³-hybridized carbons (Fsp3) is 0.176. The first-order chi connectivity index (χ1) is 10.7. The van der Waals surface area contributed by atoms with Crippen molar-refractivity contribution in [3.05, 3.63) is 60.2 Å². The van der Waals surface area contributed by atoms with E-state index in [1.54, 1.807) is 5.48 Å². The molecule has 1 aliphatic heterocycles. The van der Waals surface area contributed by atoms with Gasteiger partial charge in [-0.25, -0.2) is 5.48 Å². The summed E-state index contributed by atoms with van der Waals surface area (Å²) in [5.74, 6) is -1.15. The highest BCUT2D eigenvalue weighted by Crippen LogP contribution is 2.29. The van der Waals surface area contributed by atoms with Gasteiger partial charge in [0, 0.05) is 0 Å². The van der Waals surface area contributed by atoms with Crippen LogP contribution >= 0.6 is 0 Å². The van der Waals surface area contributed by atoms with Gasteiger partial charge in [-0.1, -0.05) is 54.6 Å². The van der Waals surface area contributed by atoms with Gasteiger partial charge in [0.05, 0.1) is 5.92 Å². The number of carbonyl (C=O) groups excluding carboxylic acids is 2. The van der Waals surface area contributed by atoms with Crippen molar-refractivity contribution in [2.24, 2.45) is 0 Å². The minimum atomic E-state index is -0.684. The molecule has 0 bridgehead atoms. The summed E-state index contributed by atoms with van der Waals surface area (Å²) < 4.78 is 0. The van der Waals surface area contributed by atoms with Crippen LogP contribution in [0.2, 0.25) is 0 Å². The summed E-state index contributed by atoms with van der Waals surface area (Å²) in [5, 5.41) is 11.2. The molecule has 0 unspecified atom stereocenters. The van der Waals surface area contributed by atoms with E-state index in [0.29, 0.717) is 6.42 Å². The first kappa shape index (κ1) is 14.3. The van der Waals surface area contributed by atoms with E-state index in [1.807, 2.05) is 54.6 Å². The lowest BCUT2D eigenvalue weighted by Crippen LogP contribution is -2.40. The fourth-order valence-corrected chi connectivity index (χ4v) is 2.75. The third-order valence-electron chi connectivity index (χ3n) is 3.95. The summed E-state index contributed by atoms with van der Waals surface area (Å²) in [6.45, 7) is 0. The van der Waals surface area contributed by atoms with E-state index in [1.165, 1.54) is 0 Å². The van der Waals surface area contributed by atoms with E-state index in [9.17, 15) is 9.59 Å². The Hall–Kier alpha value is -2.66. The van der Waals surface area contributed by atoms with Crippen molar-refractivity contribution in [3.63, 3.8) is 0 Å². The zero-order valence-electron chi connectivity index (χ0n) is 11.8.